The topological polar surface area (TPSA) is 45.8 Å². The molecule has 1 heterocycles. The number of nitrogens with one attached hydrogen (secondary N) is 1. The normalized spacial score (nSPS) is 10.9. The second-order valence-electron chi connectivity index (χ2n) is 4.56. The van der Waals surface area contributed by atoms with Gasteiger partial charge in [0.25, 0.3) is 5.56 Å². The van der Waals surface area contributed by atoms with Gasteiger partial charge in [0.1, 0.15) is 11.6 Å². The third-order valence-electron chi connectivity index (χ3n) is 2.85. The van der Waals surface area contributed by atoms with Crippen molar-refractivity contribution in [1.29, 1.82) is 0 Å². The van der Waals surface area contributed by atoms with E-state index in [0.717, 1.165) is 0 Å². The molecule has 0 saturated carbocycles. The van der Waals surface area contributed by atoms with E-state index in [9.17, 15) is 9.18 Å². The van der Waals surface area contributed by atoms with Crippen molar-refractivity contribution in [2.24, 2.45) is 0 Å². The van der Waals surface area contributed by atoms with E-state index in [1.165, 1.54) is 6.07 Å². The highest BCUT2D eigenvalue weighted by Crippen LogP contribution is 2.23. The number of rotatable bonds is 2. The highest BCUT2D eigenvalue weighted by Gasteiger charge is 2.14. The van der Waals surface area contributed by atoms with Crippen molar-refractivity contribution >= 4 is 0 Å². The Bertz CT molecular complexity index is 632. The molecule has 0 aliphatic rings. The quantitative estimate of drug-likeness (QED) is 0.885. The summed E-state index contributed by atoms with van der Waals surface area (Å²) in [5, 5.41) is 0. The van der Waals surface area contributed by atoms with Gasteiger partial charge in [-0.25, -0.2) is 9.37 Å². The first kappa shape index (κ1) is 12.5. The summed E-state index contributed by atoms with van der Waals surface area (Å²) < 4.78 is 13.8. The summed E-state index contributed by atoms with van der Waals surface area (Å²) in [7, 11) is 0. The largest absolute Gasteiger partial charge is 0.310 e. The van der Waals surface area contributed by atoms with E-state index in [4.69, 9.17) is 0 Å². The molecule has 0 aliphatic carbocycles. The number of nitrogens with zero attached hydrogens (tertiary/aromatic N) is 1. The summed E-state index contributed by atoms with van der Waals surface area (Å²) in [6.07, 6.45) is 0. The average molecular weight is 246 g/mol. The SMILES string of the molecule is Cc1c(-c2ccccc2F)nc(C(C)C)[nH]c1=O. The molecule has 0 radical (unpaired) electrons. The van der Waals surface area contributed by atoms with E-state index >= 15 is 0 Å². The molecule has 0 spiro atoms. The number of aromatic amines is 1. The lowest BCUT2D eigenvalue weighted by Gasteiger charge is -2.10. The molecule has 1 aromatic carbocycles. The summed E-state index contributed by atoms with van der Waals surface area (Å²) in [6.45, 7) is 5.51. The van der Waals surface area contributed by atoms with Crippen LogP contribution in [0.15, 0.2) is 29.1 Å². The van der Waals surface area contributed by atoms with Gasteiger partial charge in [-0.2, -0.15) is 0 Å². The molecule has 2 aromatic rings. The second kappa shape index (κ2) is 4.72. The summed E-state index contributed by atoms with van der Waals surface area (Å²) >= 11 is 0. The van der Waals surface area contributed by atoms with Crippen LogP contribution in [0.3, 0.4) is 0 Å². The fourth-order valence-electron chi connectivity index (χ4n) is 1.74. The van der Waals surface area contributed by atoms with Crippen LogP contribution >= 0.6 is 0 Å². The predicted octanol–water partition coefficient (Wildman–Crippen LogP) is 3.01. The van der Waals surface area contributed by atoms with Crippen LogP contribution in [0.2, 0.25) is 0 Å². The van der Waals surface area contributed by atoms with Gasteiger partial charge in [0.05, 0.1) is 5.69 Å². The van der Waals surface area contributed by atoms with Gasteiger partial charge in [-0.05, 0) is 19.1 Å². The van der Waals surface area contributed by atoms with Crippen molar-refractivity contribution in [1.82, 2.24) is 9.97 Å². The van der Waals surface area contributed by atoms with Crippen molar-refractivity contribution in [3.8, 4) is 11.3 Å². The maximum absolute atomic E-state index is 13.8. The highest BCUT2D eigenvalue weighted by molar-refractivity contribution is 5.63. The van der Waals surface area contributed by atoms with Gasteiger partial charge in [0.2, 0.25) is 0 Å². The molecule has 0 fully saturated rings. The molecule has 0 saturated heterocycles. The van der Waals surface area contributed by atoms with Crippen molar-refractivity contribution in [2.75, 3.05) is 0 Å². The molecule has 0 atom stereocenters. The first-order chi connectivity index (χ1) is 8.50. The van der Waals surface area contributed by atoms with Crippen LogP contribution in [0, 0.1) is 12.7 Å². The van der Waals surface area contributed by atoms with Crippen LogP contribution in [-0.2, 0) is 0 Å². The number of benzene rings is 1. The molecule has 0 unspecified atom stereocenters. The molecular formula is C14H15FN2O. The van der Waals surface area contributed by atoms with Gasteiger partial charge in [0, 0.05) is 17.0 Å². The van der Waals surface area contributed by atoms with Crippen LogP contribution in [0.5, 0.6) is 0 Å². The summed E-state index contributed by atoms with van der Waals surface area (Å²) in [5.41, 5.74) is 1.00. The van der Waals surface area contributed by atoms with Gasteiger partial charge in [-0.1, -0.05) is 26.0 Å². The van der Waals surface area contributed by atoms with Crippen LogP contribution in [0.25, 0.3) is 11.3 Å². The minimum absolute atomic E-state index is 0.0869. The molecule has 1 aromatic heterocycles. The van der Waals surface area contributed by atoms with Crippen LogP contribution in [0.4, 0.5) is 4.39 Å². The zero-order valence-corrected chi connectivity index (χ0v) is 10.6. The van der Waals surface area contributed by atoms with E-state index in [0.29, 0.717) is 22.6 Å². The minimum Gasteiger partial charge on any atom is -0.310 e. The number of halogens is 1. The molecule has 0 amide bonds. The maximum Gasteiger partial charge on any atom is 0.254 e. The molecular weight excluding hydrogens is 231 g/mol. The second-order valence-corrected chi connectivity index (χ2v) is 4.56. The Balaban J connectivity index is 2.71. The highest BCUT2D eigenvalue weighted by atomic mass is 19.1. The first-order valence-electron chi connectivity index (χ1n) is 5.86. The lowest BCUT2D eigenvalue weighted by molar-refractivity contribution is 0.630. The van der Waals surface area contributed by atoms with E-state index in [-0.39, 0.29) is 17.3 Å². The molecule has 18 heavy (non-hydrogen) atoms. The van der Waals surface area contributed by atoms with E-state index in [2.05, 4.69) is 9.97 Å². The van der Waals surface area contributed by atoms with Crippen molar-refractivity contribution < 1.29 is 4.39 Å². The molecule has 1 N–H and O–H groups in total. The molecule has 94 valence electrons. The molecule has 2 rings (SSSR count). The smallest absolute Gasteiger partial charge is 0.254 e. The molecule has 0 aliphatic heterocycles. The van der Waals surface area contributed by atoms with Gasteiger partial charge in [-0.3, -0.25) is 4.79 Å². The van der Waals surface area contributed by atoms with Crippen LogP contribution < -0.4 is 5.56 Å². The Labute approximate surface area is 105 Å². The fraction of sp³-hybridized carbons (Fsp3) is 0.286. The fourth-order valence-corrected chi connectivity index (χ4v) is 1.74. The van der Waals surface area contributed by atoms with Crippen molar-refractivity contribution in [3.63, 3.8) is 0 Å². The molecule has 0 bridgehead atoms. The summed E-state index contributed by atoms with van der Waals surface area (Å²) in [4.78, 5) is 18.9. The number of H-pyrrole nitrogens is 1. The Morgan fingerprint density at radius 3 is 2.56 bits per heavy atom. The maximum atomic E-state index is 13.8. The molecule has 4 heteroatoms. The summed E-state index contributed by atoms with van der Waals surface area (Å²) in [6, 6.07) is 6.35. The lowest BCUT2D eigenvalue weighted by atomic mass is 10.1. The first-order valence-corrected chi connectivity index (χ1v) is 5.86. The summed E-state index contributed by atoms with van der Waals surface area (Å²) in [5.74, 6) is 0.293. The number of hydrogen-bond donors (Lipinski definition) is 1. The van der Waals surface area contributed by atoms with E-state index in [1.54, 1.807) is 25.1 Å². The lowest BCUT2D eigenvalue weighted by Crippen LogP contribution is -2.17. The van der Waals surface area contributed by atoms with Crippen molar-refractivity contribution in [3.05, 3.63) is 51.8 Å². The van der Waals surface area contributed by atoms with Crippen LogP contribution in [-0.4, -0.2) is 9.97 Å². The van der Waals surface area contributed by atoms with Gasteiger partial charge in [0.15, 0.2) is 0 Å². The number of aromatic nitrogens is 2. The van der Waals surface area contributed by atoms with Gasteiger partial charge >= 0.3 is 0 Å². The Kier molecular flexibility index (Phi) is 3.28. The Morgan fingerprint density at radius 1 is 1.28 bits per heavy atom. The van der Waals surface area contributed by atoms with Gasteiger partial charge in [-0.15, -0.1) is 0 Å². The predicted molar refractivity (Wildman–Crippen MR) is 69.1 cm³/mol. The van der Waals surface area contributed by atoms with E-state index < -0.39 is 0 Å². The Morgan fingerprint density at radius 2 is 1.94 bits per heavy atom. The standard InChI is InChI=1S/C14H15FN2O/c1-8(2)13-16-12(9(3)14(18)17-13)10-6-4-5-7-11(10)15/h4-8H,1-3H3,(H,16,17,18). The van der Waals surface area contributed by atoms with Crippen LogP contribution in [0.1, 0.15) is 31.2 Å². The monoisotopic (exact) mass is 246 g/mol. The third kappa shape index (κ3) is 2.18. The number of hydrogen-bond acceptors (Lipinski definition) is 2. The average Bonchev–Trinajstić information content (AvgIpc) is 2.33. The van der Waals surface area contributed by atoms with Gasteiger partial charge < -0.3 is 4.98 Å². The zero-order chi connectivity index (χ0) is 13.3. The third-order valence-corrected chi connectivity index (χ3v) is 2.85. The zero-order valence-electron chi connectivity index (χ0n) is 10.6. The molecule has 3 nitrogen and oxygen atoms in total. The van der Waals surface area contributed by atoms with E-state index in [1.807, 2.05) is 13.8 Å². The Hall–Kier alpha value is -1.97. The minimum atomic E-state index is -0.367. The van der Waals surface area contributed by atoms with Crippen molar-refractivity contribution in [2.45, 2.75) is 26.7 Å².